The normalized spacial score (nSPS) is 14.8. The first kappa shape index (κ1) is 17.9. The van der Waals surface area contributed by atoms with Gasteiger partial charge in [-0.05, 0) is 28.3 Å². The average molecular weight is 340 g/mol. The molecule has 0 atom stereocenters. The molecule has 0 saturated carbocycles. The lowest BCUT2D eigenvalue weighted by atomic mass is 9.94. The minimum Gasteiger partial charge on any atom is -0.310 e. The predicted octanol–water partition coefficient (Wildman–Crippen LogP) is 5.00. The summed E-state index contributed by atoms with van der Waals surface area (Å²) in [5.74, 6) is 0. The van der Waals surface area contributed by atoms with Gasteiger partial charge in [-0.1, -0.05) is 103 Å². The van der Waals surface area contributed by atoms with E-state index in [9.17, 15) is 0 Å². The third-order valence-corrected chi connectivity index (χ3v) is 4.24. The van der Waals surface area contributed by atoms with Crippen LogP contribution in [0.2, 0.25) is 0 Å². The van der Waals surface area contributed by atoms with Crippen LogP contribution in [0.3, 0.4) is 0 Å². The quantitative estimate of drug-likeness (QED) is 0.645. The van der Waals surface area contributed by atoms with E-state index in [0.29, 0.717) is 6.42 Å². The molecule has 0 heterocycles. The SMILES string of the molecule is NC1(N)C=CC(c2ccccc2)=CC1.c1ccc(-c2ccccc2)cc1. The lowest BCUT2D eigenvalue weighted by Gasteiger charge is -2.22. The molecule has 4 rings (SSSR count). The van der Waals surface area contributed by atoms with Crippen LogP contribution in [0.4, 0.5) is 0 Å². The topological polar surface area (TPSA) is 52.0 Å². The molecule has 4 N–H and O–H groups in total. The Morgan fingerprint density at radius 1 is 0.577 bits per heavy atom. The van der Waals surface area contributed by atoms with E-state index in [1.54, 1.807) is 0 Å². The first-order valence-corrected chi connectivity index (χ1v) is 8.77. The second kappa shape index (κ2) is 8.43. The van der Waals surface area contributed by atoms with E-state index in [1.165, 1.54) is 22.3 Å². The van der Waals surface area contributed by atoms with Gasteiger partial charge in [0.25, 0.3) is 0 Å². The van der Waals surface area contributed by atoms with Gasteiger partial charge in [0.1, 0.15) is 0 Å². The lowest BCUT2D eigenvalue weighted by molar-refractivity contribution is 0.559. The molecule has 0 aromatic heterocycles. The van der Waals surface area contributed by atoms with Crippen molar-refractivity contribution in [3.63, 3.8) is 0 Å². The van der Waals surface area contributed by atoms with Crippen LogP contribution in [0.5, 0.6) is 0 Å². The van der Waals surface area contributed by atoms with E-state index < -0.39 is 5.66 Å². The molecular weight excluding hydrogens is 316 g/mol. The van der Waals surface area contributed by atoms with Crippen LogP contribution in [0.1, 0.15) is 12.0 Å². The van der Waals surface area contributed by atoms with Crippen LogP contribution in [-0.2, 0) is 0 Å². The molecular formula is C24H24N2. The van der Waals surface area contributed by atoms with Gasteiger partial charge in [0.2, 0.25) is 0 Å². The fourth-order valence-corrected chi connectivity index (χ4v) is 2.77. The van der Waals surface area contributed by atoms with Crippen LogP contribution in [0.25, 0.3) is 16.7 Å². The van der Waals surface area contributed by atoms with Crippen molar-refractivity contribution in [2.75, 3.05) is 0 Å². The van der Waals surface area contributed by atoms with Crippen LogP contribution in [0.15, 0.2) is 109 Å². The fraction of sp³-hybridized carbons (Fsp3) is 0.0833. The van der Waals surface area contributed by atoms with Gasteiger partial charge in [0, 0.05) is 6.42 Å². The largest absolute Gasteiger partial charge is 0.310 e. The maximum atomic E-state index is 5.76. The molecule has 0 spiro atoms. The van der Waals surface area contributed by atoms with Crippen molar-refractivity contribution in [3.8, 4) is 11.1 Å². The fourth-order valence-electron chi connectivity index (χ4n) is 2.77. The molecule has 1 aliphatic carbocycles. The van der Waals surface area contributed by atoms with Crippen molar-refractivity contribution in [2.24, 2.45) is 11.5 Å². The molecule has 0 amide bonds. The second-order valence-corrected chi connectivity index (χ2v) is 6.41. The molecule has 3 aromatic carbocycles. The summed E-state index contributed by atoms with van der Waals surface area (Å²) >= 11 is 0. The Morgan fingerprint density at radius 2 is 1.00 bits per heavy atom. The highest BCUT2D eigenvalue weighted by Crippen LogP contribution is 2.22. The van der Waals surface area contributed by atoms with E-state index in [2.05, 4.69) is 66.7 Å². The summed E-state index contributed by atoms with van der Waals surface area (Å²) in [6.45, 7) is 0. The number of benzene rings is 3. The Kier molecular flexibility index (Phi) is 5.80. The Labute approximate surface area is 155 Å². The van der Waals surface area contributed by atoms with Gasteiger partial charge < -0.3 is 11.5 Å². The van der Waals surface area contributed by atoms with E-state index in [-0.39, 0.29) is 0 Å². The maximum absolute atomic E-state index is 5.76. The highest BCUT2D eigenvalue weighted by molar-refractivity contribution is 5.75. The lowest BCUT2D eigenvalue weighted by Crippen LogP contribution is -2.47. The summed E-state index contributed by atoms with van der Waals surface area (Å²) in [4.78, 5) is 0. The molecule has 130 valence electrons. The molecule has 0 saturated heterocycles. The monoisotopic (exact) mass is 340 g/mol. The zero-order valence-electron chi connectivity index (χ0n) is 14.8. The third-order valence-electron chi connectivity index (χ3n) is 4.24. The van der Waals surface area contributed by atoms with Crippen molar-refractivity contribution in [3.05, 3.63) is 115 Å². The van der Waals surface area contributed by atoms with E-state index >= 15 is 0 Å². The van der Waals surface area contributed by atoms with Gasteiger partial charge in [-0.25, -0.2) is 0 Å². The molecule has 0 bridgehead atoms. The minimum absolute atomic E-state index is 0.668. The molecule has 3 aromatic rings. The van der Waals surface area contributed by atoms with Gasteiger partial charge in [0.05, 0.1) is 5.66 Å². The number of hydrogen-bond acceptors (Lipinski definition) is 2. The van der Waals surface area contributed by atoms with Gasteiger partial charge >= 0.3 is 0 Å². The van der Waals surface area contributed by atoms with Gasteiger partial charge in [-0.2, -0.15) is 0 Å². The molecule has 0 fully saturated rings. The highest BCUT2D eigenvalue weighted by atomic mass is 14.9. The van der Waals surface area contributed by atoms with Crippen molar-refractivity contribution in [2.45, 2.75) is 12.1 Å². The van der Waals surface area contributed by atoms with Crippen molar-refractivity contribution in [1.29, 1.82) is 0 Å². The summed E-state index contributed by atoms with van der Waals surface area (Å²) in [7, 11) is 0. The first-order valence-electron chi connectivity index (χ1n) is 8.77. The van der Waals surface area contributed by atoms with E-state index in [4.69, 9.17) is 11.5 Å². The Hall–Kier alpha value is -2.94. The van der Waals surface area contributed by atoms with Crippen LogP contribution in [-0.4, -0.2) is 5.66 Å². The maximum Gasteiger partial charge on any atom is 0.0867 e. The summed E-state index contributed by atoms with van der Waals surface area (Å²) in [6.07, 6.45) is 6.61. The van der Waals surface area contributed by atoms with Crippen LogP contribution in [0, 0.1) is 0 Å². The second-order valence-electron chi connectivity index (χ2n) is 6.41. The number of allylic oxidation sites excluding steroid dienone is 2. The molecule has 0 unspecified atom stereocenters. The van der Waals surface area contributed by atoms with Crippen LogP contribution < -0.4 is 11.5 Å². The number of nitrogens with two attached hydrogens (primary N) is 2. The van der Waals surface area contributed by atoms with Gasteiger partial charge in [-0.15, -0.1) is 0 Å². The first-order chi connectivity index (χ1) is 12.6. The zero-order chi connectivity index (χ0) is 18.2. The molecule has 26 heavy (non-hydrogen) atoms. The highest BCUT2D eigenvalue weighted by Gasteiger charge is 2.17. The van der Waals surface area contributed by atoms with Gasteiger partial charge in [0.15, 0.2) is 0 Å². The van der Waals surface area contributed by atoms with E-state index in [0.717, 1.165) is 0 Å². The molecule has 2 heteroatoms. The summed E-state index contributed by atoms with van der Waals surface area (Å²) in [5, 5.41) is 0. The molecule has 0 radical (unpaired) electrons. The smallest absolute Gasteiger partial charge is 0.0867 e. The summed E-state index contributed by atoms with van der Waals surface area (Å²) in [6, 6.07) is 31.0. The molecule has 2 nitrogen and oxygen atoms in total. The summed E-state index contributed by atoms with van der Waals surface area (Å²) < 4.78 is 0. The van der Waals surface area contributed by atoms with Crippen molar-refractivity contribution < 1.29 is 0 Å². The zero-order valence-corrected chi connectivity index (χ0v) is 14.8. The Morgan fingerprint density at radius 3 is 1.38 bits per heavy atom. The van der Waals surface area contributed by atoms with Gasteiger partial charge in [-0.3, -0.25) is 0 Å². The molecule has 1 aliphatic rings. The predicted molar refractivity (Wildman–Crippen MR) is 111 cm³/mol. The Bertz CT molecular complexity index is 826. The average Bonchev–Trinajstić information content (AvgIpc) is 2.71. The molecule has 0 aliphatic heterocycles. The van der Waals surface area contributed by atoms with Crippen LogP contribution >= 0.6 is 0 Å². The van der Waals surface area contributed by atoms with Crippen molar-refractivity contribution >= 4 is 5.57 Å². The standard InChI is InChI=1S/C12H14N2.C12H10/c13-12(14)8-6-11(7-9-12)10-4-2-1-3-5-10;1-3-7-11(8-4-1)12-9-5-2-6-10-12/h1-8H,9,13-14H2;1-10H. The third kappa shape index (κ3) is 5.03. The number of hydrogen-bond donors (Lipinski definition) is 2. The van der Waals surface area contributed by atoms with Crippen molar-refractivity contribution in [1.82, 2.24) is 0 Å². The minimum atomic E-state index is -0.668. The Balaban J connectivity index is 0.000000152. The summed E-state index contributed by atoms with van der Waals surface area (Å²) in [5.41, 5.74) is 15.8. The van der Waals surface area contributed by atoms with E-state index in [1.807, 2.05) is 42.5 Å². The number of rotatable bonds is 2.